The number of unbranched alkanes of at least 4 members (excludes halogenated alkanes) is 1. The maximum atomic E-state index is 12.6. The average molecular weight is 422 g/mol. The molecule has 4 aromatic rings. The van der Waals surface area contributed by atoms with E-state index in [1.165, 1.54) is 11.3 Å². The lowest BCUT2D eigenvalue weighted by Gasteiger charge is -2.07. The van der Waals surface area contributed by atoms with Crippen LogP contribution in [0.3, 0.4) is 0 Å². The van der Waals surface area contributed by atoms with E-state index in [0.717, 1.165) is 30.1 Å². The van der Waals surface area contributed by atoms with Crippen molar-refractivity contribution in [2.75, 3.05) is 11.9 Å². The number of fused-ring (bicyclic) bond motifs is 1. The van der Waals surface area contributed by atoms with Crippen LogP contribution in [0, 0.1) is 0 Å². The number of nitrogens with one attached hydrogen (secondary N) is 2. The van der Waals surface area contributed by atoms with Gasteiger partial charge in [-0.1, -0.05) is 43.7 Å². The number of hydrogen-bond donors (Lipinski definition) is 2. The van der Waals surface area contributed by atoms with Crippen LogP contribution in [0.25, 0.3) is 22.3 Å². The highest BCUT2D eigenvalue weighted by Gasteiger charge is 2.14. The predicted octanol–water partition coefficient (Wildman–Crippen LogP) is 4.37. The van der Waals surface area contributed by atoms with Crippen LogP contribution in [0.15, 0.2) is 52.8 Å². The summed E-state index contributed by atoms with van der Waals surface area (Å²) >= 11 is 1.52. The zero-order valence-corrected chi connectivity index (χ0v) is 17.5. The number of aromatic amines is 1. The highest BCUT2D eigenvalue weighted by atomic mass is 32.1. The summed E-state index contributed by atoms with van der Waals surface area (Å²) in [6.07, 6.45) is 3.83. The summed E-state index contributed by atoms with van der Waals surface area (Å²) in [6, 6.07) is 11.5. The summed E-state index contributed by atoms with van der Waals surface area (Å²) in [6.45, 7) is 3.68. The maximum absolute atomic E-state index is 12.6. The molecular weight excluding hydrogens is 398 g/mol. The van der Waals surface area contributed by atoms with Gasteiger partial charge in [0.15, 0.2) is 5.13 Å². The fourth-order valence-corrected chi connectivity index (χ4v) is 3.77. The number of H-pyrrole nitrogens is 1. The van der Waals surface area contributed by atoms with Gasteiger partial charge in [0.1, 0.15) is 29.3 Å². The molecule has 0 amide bonds. The maximum Gasteiger partial charge on any atom is 0.258 e. The highest BCUT2D eigenvalue weighted by Crippen LogP contribution is 2.27. The standard InChI is InChI=1S/C22H23N5O2S/c1-2-3-10-24-22-25-17(14-30-22)20-19-16(9-11-23-20)21(28)27-18(26-19)13-29-12-15-7-5-4-6-8-15/h4-9,11,14H,2-3,10,12-13H2,1H3,(H,24,25)(H,26,27,28). The van der Waals surface area contributed by atoms with Crippen molar-refractivity contribution in [1.29, 1.82) is 0 Å². The molecule has 0 atom stereocenters. The quantitative estimate of drug-likeness (QED) is 0.390. The Hall–Kier alpha value is -3.10. The minimum absolute atomic E-state index is 0.204. The Morgan fingerprint density at radius 1 is 1.13 bits per heavy atom. The Morgan fingerprint density at radius 3 is 2.83 bits per heavy atom. The number of rotatable bonds is 9. The molecule has 0 unspecified atom stereocenters. The van der Waals surface area contributed by atoms with Crippen molar-refractivity contribution in [3.8, 4) is 11.4 Å². The number of pyridine rings is 1. The molecule has 1 aromatic carbocycles. The average Bonchev–Trinajstić information content (AvgIpc) is 3.23. The Morgan fingerprint density at radius 2 is 2.00 bits per heavy atom. The number of hydrogen-bond acceptors (Lipinski definition) is 7. The summed E-state index contributed by atoms with van der Waals surface area (Å²) in [7, 11) is 0. The monoisotopic (exact) mass is 421 g/mol. The van der Waals surface area contributed by atoms with Crippen molar-refractivity contribution in [3.05, 3.63) is 69.7 Å². The third-order valence-electron chi connectivity index (χ3n) is 4.58. The molecule has 0 saturated carbocycles. The molecule has 0 aliphatic carbocycles. The fourth-order valence-electron chi connectivity index (χ4n) is 3.04. The summed E-state index contributed by atoms with van der Waals surface area (Å²) < 4.78 is 5.74. The Labute approximate surface area is 178 Å². The summed E-state index contributed by atoms with van der Waals surface area (Å²) in [5.41, 5.74) is 2.69. The molecule has 3 heterocycles. The molecule has 0 radical (unpaired) electrons. The van der Waals surface area contributed by atoms with Crippen molar-refractivity contribution < 1.29 is 4.74 Å². The third kappa shape index (κ3) is 4.72. The van der Waals surface area contributed by atoms with Gasteiger partial charge < -0.3 is 15.0 Å². The van der Waals surface area contributed by atoms with E-state index in [0.29, 0.717) is 34.7 Å². The lowest BCUT2D eigenvalue weighted by Crippen LogP contribution is -2.13. The van der Waals surface area contributed by atoms with Crippen LogP contribution >= 0.6 is 11.3 Å². The second-order valence-electron chi connectivity index (χ2n) is 6.86. The fraction of sp³-hybridized carbons (Fsp3) is 0.273. The van der Waals surface area contributed by atoms with Gasteiger partial charge in [0.25, 0.3) is 5.56 Å². The van der Waals surface area contributed by atoms with Crippen LogP contribution in [0.1, 0.15) is 31.2 Å². The number of aromatic nitrogens is 4. The van der Waals surface area contributed by atoms with Crippen molar-refractivity contribution in [2.24, 2.45) is 0 Å². The predicted molar refractivity (Wildman–Crippen MR) is 120 cm³/mol. The van der Waals surface area contributed by atoms with E-state index in [4.69, 9.17) is 4.74 Å². The SMILES string of the molecule is CCCCNc1nc(-c2nccc3c(=O)[nH]c(COCc4ccccc4)nc23)cs1. The van der Waals surface area contributed by atoms with E-state index in [1.807, 2.05) is 35.7 Å². The lowest BCUT2D eigenvalue weighted by molar-refractivity contribution is 0.102. The molecule has 0 aliphatic rings. The molecule has 30 heavy (non-hydrogen) atoms. The van der Waals surface area contributed by atoms with E-state index in [-0.39, 0.29) is 12.2 Å². The summed E-state index contributed by atoms with van der Waals surface area (Å²) in [5.74, 6) is 0.467. The van der Waals surface area contributed by atoms with E-state index in [1.54, 1.807) is 12.3 Å². The van der Waals surface area contributed by atoms with Crippen molar-refractivity contribution in [2.45, 2.75) is 33.0 Å². The summed E-state index contributed by atoms with van der Waals surface area (Å²) in [4.78, 5) is 29.1. The van der Waals surface area contributed by atoms with Gasteiger partial charge in [0, 0.05) is 18.1 Å². The summed E-state index contributed by atoms with van der Waals surface area (Å²) in [5, 5.41) is 6.58. The van der Waals surface area contributed by atoms with Crippen LogP contribution in [0.5, 0.6) is 0 Å². The first-order valence-corrected chi connectivity index (χ1v) is 10.8. The van der Waals surface area contributed by atoms with Gasteiger partial charge in [-0.2, -0.15) is 0 Å². The first kappa shape index (κ1) is 20.2. The smallest absolute Gasteiger partial charge is 0.258 e. The molecule has 2 N–H and O–H groups in total. The van der Waals surface area contributed by atoms with Crippen molar-refractivity contribution in [3.63, 3.8) is 0 Å². The van der Waals surface area contributed by atoms with Crippen molar-refractivity contribution in [1.82, 2.24) is 19.9 Å². The molecule has 4 rings (SSSR count). The number of thiazole rings is 1. The van der Waals surface area contributed by atoms with E-state index >= 15 is 0 Å². The second kappa shape index (κ2) is 9.60. The zero-order chi connectivity index (χ0) is 20.8. The van der Waals surface area contributed by atoms with Gasteiger partial charge in [-0.25, -0.2) is 9.97 Å². The Bertz CT molecular complexity index is 1170. The zero-order valence-electron chi connectivity index (χ0n) is 16.7. The van der Waals surface area contributed by atoms with Gasteiger partial charge in [-0.3, -0.25) is 9.78 Å². The van der Waals surface area contributed by atoms with Gasteiger partial charge in [0.05, 0.1) is 12.0 Å². The Balaban J connectivity index is 1.57. The molecule has 0 bridgehead atoms. The minimum Gasteiger partial charge on any atom is -0.369 e. The number of benzene rings is 1. The van der Waals surface area contributed by atoms with Crippen molar-refractivity contribution >= 4 is 27.4 Å². The Kier molecular flexibility index (Phi) is 6.46. The first-order valence-electron chi connectivity index (χ1n) is 9.94. The molecule has 0 fully saturated rings. The molecule has 0 saturated heterocycles. The van der Waals surface area contributed by atoms with Crippen LogP contribution in [-0.4, -0.2) is 26.5 Å². The highest BCUT2D eigenvalue weighted by molar-refractivity contribution is 7.14. The normalized spacial score (nSPS) is 11.1. The van der Waals surface area contributed by atoms with Crippen LogP contribution in [-0.2, 0) is 18.0 Å². The van der Waals surface area contributed by atoms with Gasteiger partial charge in [-0.15, -0.1) is 11.3 Å². The molecule has 154 valence electrons. The van der Waals surface area contributed by atoms with E-state index in [2.05, 4.69) is 32.2 Å². The molecule has 3 aromatic heterocycles. The number of anilines is 1. The molecule has 7 nitrogen and oxygen atoms in total. The second-order valence-corrected chi connectivity index (χ2v) is 7.72. The van der Waals surface area contributed by atoms with Gasteiger partial charge in [-0.05, 0) is 18.1 Å². The number of ether oxygens (including phenoxy) is 1. The molecule has 8 heteroatoms. The van der Waals surface area contributed by atoms with Crippen LogP contribution < -0.4 is 10.9 Å². The van der Waals surface area contributed by atoms with Crippen LogP contribution in [0.4, 0.5) is 5.13 Å². The number of nitrogens with zero attached hydrogens (tertiary/aromatic N) is 3. The van der Waals surface area contributed by atoms with Gasteiger partial charge in [0.2, 0.25) is 0 Å². The molecular formula is C22H23N5O2S. The molecule has 0 aliphatic heterocycles. The minimum atomic E-state index is -0.210. The third-order valence-corrected chi connectivity index (χ3v) is 5.38. The van der Waals surface area contributed by atoms with E-state index < -0.39 is 0 Å². The molecule has 0 spiro atoms. The topological polar surface area (TPSA) is 92.8 Å². The largest absolute Gasteiger partial charge is 0.369 e. The lowest BCUT2D eigenvalue weighted by atomic mass is 10.2. The van der Waals surface area contributed by atoms with Crippen LogP contribution in [0.2, 0.25) is 0 Å². The van der Waals surface area contributed by atoms with Gasteiger partial charge >= 0.3 is 0 Å². The van der Waals surface area contributed by atoms with E-state index in [9.17, 15) is 4.79 Å². The first-order chi connectivity index (χ1) is 14.7.